The van der Waals surface area contributed by atoms with Crippen molar-refractivity contribution in [3.05, 3.63) is 81.6 Å². The molecule has 1 amide bonds. The number of nitrogens with one attached hydrogen (secondary N) is 1. The van der Waals surface area contributed by atoms with Crippen LogP contribution in [0.3, 0.4) is 0 Å². The highest BCUT2D eigenvalue weighted by Crippen LogP contribution is 2.19. The molecule has 1 unspecified atom stereocenters. The Bertz CT molecular complexity index is 957. The van der Waals surface area contributed by atoms with Crippen molar-refractivity contribution in [3.63, 3.8) is 0 Å². The number of carbonyl (C=O) groups excluding carboxylic acids is 1. The summed E-state index contributed by atoms with van der Waals surface area (Å²) in [6.07, 6.45) is 0. The summed E-state index contributed by atoms with van der Waals surface area (Å²) in [5.74, 6) is 0.153. The molecule has 0 fully saturated rings. The van der Waals surface area contributed by atoms with Gasteiger partial charge in [0.25, 0.3) is 5.91 Å². The number of rotatable bonds is 8. The third kappa shape index (κ3) is 5.85. The molecule has 0 aliphatic heterocycles. The first kappa shape index (κ1) is 21.0. The molecule has 1 atom stereocenters. The van der Waals surface area contributed by atoms with E-state index in [1.54, 1.807) is 41.7 Å². The van der Waals surface area contributed by atoms with Gasteiger partial charge in [-0.05, 0) is 56.9 Å². The molecule has 0 aliphatic rings. The van der Waals surface area contributed by atoms with E-state index >= 15 is 0 Å². The number of aryl methyl sites for hydroxylation is 1. The Morgan fingerprint density at radius 2 is 2.00 bits per heavy atom. The van der Waals surface area contributed by atoms with Gasteiger partial charge < -0.3 is 15.0 Å². The van der Waals surface area contributed by atoms with Crippen LogP contribution in [0.5, 0.6) is 5.75 Å². The van der Waals surface area contributed by atoms with Gasteiger partial charge >= 0.3 is 0 Å². The number of nitrogens with zero attached hydrogens (tertiary/aromatic N) is 2. The Labute approximate surface area is 174 Å². The van der Waals surface area contributed by atoms with Crippen molar-refractivity contribution in [3.8, 4) is 5.75 Å². The molecule has 5 nitrogen and oxygen atoms in total. The van der Waals surface area contributed by atoms with Crippen LogP contribution in [0.2, 0.25) is 0 Å². The fraction of sp³-hybridized carbons (Fsp3) is 0.273. The zero-order valence-corrected chi connectivity index (χ0v) is 17.5. The molecule has 1 heterocycles. The van der Waals surface area contributed by atoms with Crippen molar-refractivity contribution >= 4 is 17.2 Å². The normalized spacial score (nSPS) is 12.0. The summed E-state index contributed by atoms with van der Waals surface area (Å²) in [6, 6.07) is 13.3. The van der Waals surface area contributed by atoms with Gasteiger partial charge in [0, 0.05) is 17.5 Å². The number of halogens is 1. The lowest BCUT2D eigenvalue weighted by Crippen LogP contribution is -2.34. The highest BCUT2D eigenvalue weighted by molar-refractivity contribution is 7.09. The Kier molecular flexibility index (Phi) is 6.95. The number of amides is 1. The highest BCUT2D eigenvalue weighted by Gasteiger charge is 2.16. The van der Waals surface area contributed by atoms with Crippen LogP contribution in [0.4, 0.5) is 4.39 Å². The third-order valence-corrected chi connectivity index (χ3v) is 5.31. The third-order valence-electron chi connectivity index (χ3n) is 4.48. The molecule has 7 heteroatoms. The van der Waals surface area contributed by atoms with E-state index < -0.39 is 0 Å². The van der Waals surface area contributed by atoms with Gasteiger partial charge in [0.2, 0.25) is 0 Å². The molecule has 0 bridgehead atoms. The Morgan fingerprint density at radius 1 is 1.24 bits per heavy atom. The van der Waals surface area contributed by atoms with Crippen LogP contribution in [0, 0.1) is 12.7 Å². The Hall–Kier alpha value is -2.77. The van der Waals surface area contributed by atoms with Crippen molar-refractivity contribution in [2.75, 3.05) is 20.6 Å². The van der Waals surface area contributed by atoms with Crippen LogP contribution < -0.4 is 10.1 Å². The van der Waals surface area contributed by atoms with Crippen molar-refractivity contribution in [1.82, 2.24) is 15.2 Å². The van der Waals surface area contributed by atoms with Gasteiger partial charge in [0.05, 0.1) is 16.7 Å². The number of thiazole rings is 1. The van der Waals surface area contributed by atoms with Crippen LogP contribution in [0.1, 0.15) is 32.7 Å². The first-order chi connectivity index (χ1) is 13.9. The minimum absolute atomic E-state index is 0.0631. The highest BCUT2D eigenvalue weighted by atomic mass is 32.1. The van der Waals surface area contributed by atoms with E-state index in [1.807, 2.05) is 37.4 Å². The lowest BCUT2D eigenvalue weighted by Gasteiger charge is -2.25. The molecule has 0 aliphatic carbocycles. The van der Waals surface area contributed by atoms with Gasteiger partial charge in [0.15, 0.2) is 0 Å². The van der Waals surface area contributed by atoms with Crippen LogP contribution in [0.25, 0.3) is 0 Å². The van der Waals surface area contributed by atoms with Crippen molar-refractivity contribution in [2.24, 2.45) is 0 Å². The topological polar surface area (TPSA) is 54.5 Å². The molecule has 3 rings (SSSR count). The predicted molar refractivity (Wildman–Crippen MR) is 113 cm³/mol. The zero-order chi connectivity index (χ0) is 20.8. The smallest absolute Gasteiger partial charge is 0.251 e. The fourth-order valence-electron chi connectivity index (χ4n) is 2.93. The van der Waals surface area contributed by atoms with Gasteiger partial charge in [-0.3, -0.25) is 4.79 Å². The Balaban J connectivity index is 1.61. The summed E-state index contributed by atoms with van der Waals surface area (Å²) in [5.41, 5.74) is 2.33. The van der Waals surface area contributed by atoms with Crippen molar-refractivity contribution in [1.29, 1.82) is 0 Å². The van der Waals surface area contributed by atoms with Crippen LogP contribution in [-0.2, 0) is 6.61 Å². The molecule has 2 aromatic carbocycles. The first-order valence-corrected chi connectivity index (χ1v) is 10.1. The average Bonchev–Trinajstić information content (AvgIpc) is 3.13. The molecular formula is C22H24FN3O2S. The van der Waals surface area contributed by atoms with E-state index in [-0.39, 0.29) is 17.8 Å². The van der Waals surface area contributed by atoms with E-state index in [0.717, 1.165) is 16.3 Å². The largest absolute Gasteiger partial charge is 0.487 e. The second kappa shape index (κ2) is 9.62. The number of benzene rings is 2. The lowest BCUT2D eigenvalue weighted by atomic mass is 10.1. The maximum Gasteiger partial charge on any atom is 0.251 e. The van der Waals surface area contributed by atoms with Gasteiger partial charge in [-0.15, -0.1) is 11.3 Å². The molecule has 0 spiro atoms. The summed E-state index contributed by atoms with van der Waals surface area (Å²) in [7, 11) is 3.85. The molecule has 1 N–H and O–H groups in total. The number of hydrogen-bond acceptors (Lipinski definition) is 5. The number of carbonyl (C=O) groups is 1. The minimum Gasteiger partial charge on any atom is -0.487 e. The summed E-state index contributed by atoms with van der Waals surface area (Å²) in [6.45, 7) is 2.72. The fourth-order valence-corrected chi connectivity index (χ4v) is 3.53. The second-order valence-corrected chi connectivity index (χ2v) is 7.98. The first-order valence-electron chi connectivity index (χ1n) is 9.26. The Morgan fingerprint density at radius 3 is 2.66 bits per heavy atom. The van der Waals surface area contributed by atoms with Gasteiger partial charge in [-0.1, -0.05) is 18.2 Å². The van der Waals surface area contributed by atoms with E-state index in [4.69, 9.17) is 4.74 Å². The molecular weight excluding hydrogens is 389 g/mol. The van der Waals surface area contributed by atoms with E-state index in [0.29, 0.717) is 24.5 Å². The predicted octanol–water partition coefficient (Wildman–Crippen LogP) is 4.20. The number of hydrogen-bond donors (Lipinski definition) is 1. The molecule has 152 valence electrons. The second-order valence-electron chi connectivity index (χ2n) is 6.92. The molecule has 1 aromatic heterocycles. The molecule has 0 radical (unpaired) electrons. The molecule has 3 aromatic rings. The number of ether oxygens (including phenoxy) is 1. The summed E-state index contributed by atoms with van der Waals surface area (Å²) >= 11 is 1.58. The van der Waals surface area contributed by atoms with Gasteiger partial charge in [0.1, 0.15) is 18.2 Å². The van der Waals surface area contributed by atoms with E-state index in [1.165, 1.54) is 12.1 Å². The average molecular weight is 414 g/mol. The molecule has 29 heavy (non-hydrogen) atoms. The lowest BCUT2D eigenvalue weighted by molar-refractivity contribution is 0.0941. The van der Waals surface area contributed by atoms with Gasteiger partial charge in [-0.25, -0.2) is 9.37 Å². The quantitative estimate of drug-likeness (QED) is 0.601. The summed E-state index contributed by atoms with van der Waals surface area (Å²) < 4.78 is 19.0. The van der Waals surface area contributed by atoms with Crippen LogP contribution in [0.15, 0.2) is 53.9 Å². The molecule has 0 saturated heterocycles. The van der Waals surface area contributed by atoms with Crippen molar-refractivity contribution < 1.29 is 13.9 Å². The zero-order valence-electron chi connectivity index (χ0n) is 16.7. The maximum absolute atomic E-state index is 13.2. The standard InChI is InChI=1S/C22H24FN3O2S/c1-15-25-19(14-29-15)13-28-20-6-4-5-17(11-20)22(27)24-12-21(26(2)3)16-7-9-18(23)10-8-16/h4-11,14,21H,12-13H2,1-3H3,(H,24,27). The number of aromatic nitrogens is 1. The minimum atomic E-state index is -0.278. The SMILES string of the molecule is Cc1nc(COc2cccc(C(=O)NCC(c3ccc(F)cc3)N(C)C)c2)cs1. The van der Waals surface area contributed by atoms with E-state index in [2.05, 4.69) is 10.3 Å². The van der Waals surface area contributed by atoms with E-state index in [9.17, 15) is 9.18 Å². The number of likely N-dealkylation sites (N-methyl/N-ethyl adjacent to an activating group) is 1. The van der Waals surface area contributed by atoms with Crippen LogP contribution >= 0.6 is 11.3 Å². The molecule has 0 saturated carbocycles. The monoisotopic (exact) mass is 413 g/mol. The van der Waals surface area contributed by atoms with Crippen LogP contribution in [-0.4, -0.2) is 36.4 Å². The maximum atomic E-state index is 13.2. The van der Waals surface area contributed by atoms with Gasteiger partial charge in [-0.2, -0.15) is 0 Å². The van der Waals surface area contributed by atoms with Crippen molar-refractivity contribution in [2.45, 2.75) is 19.6 Å². The summed E-state index contributed by atoms with van der Waals surface area (Å²) in [4.78, 5) is 19.0. The summed E-state index contributed by atoms with van der Waals surface area (Å²) in [5, 5.41) is 5.91.